The zero-order valence-electron chi connectivity index (χ0n) is 9.09. The number of hydrogen-bond donors (Lipinski definition) is 2. The van der Waals surface area contributed by atoms with Crippen LogP contribution in [0.25, 0.3) is 0 Å². The van der Waals surface area contributed by atoms with Crippen molar-refractivity contribution in [3.63, 3.8) is 0 Å². The lowest BCUT2D eigenvalue weighted by Crippen LogP contribution is -2.35. The largest absolute Gasteiger partial charge is 0.296 e. The van der Waals surface area contributed by atoms with Gasteiger partial charge in [0.05, 0.1) is 6.17 Å². The van der Waals surface area contributed by atoms with Gasteiger partial charge in [-0.05, 0) is 26.3 Å². The lowest BCUT2D eigenvalue weighted by Gasteiger charge is -2.18. The molecule has 2 nitrogen and oxygen atoms in total. The molecule has 0 saturated carbocycles. The molecule has 14 heavy (non-hydrogen) atoms. The van der Waals surface area contributed by atoms with Crippen LogP contribution in [0, 0.1) is 6.92 Å². The Kier molecular flexibility index (Phi) is 2.33. The van der Waals surface area contributed by atoms with Gasteiger partial charge >= 0.3 is 0 Å². The van der Waals surface area contributed by atoms with Crippen LogP contribution >= 0.6 is 0 Å². The van der Waals surface area contributed by atoms with E-state index >= 15 is 0 Å². The summed E-state index contributed by atoms with van der Waals surface area (Å²) >= 11 is 0. The van der Waals surface area contributed by atoms with Crippen LogP contribution in [0.4, 0.5) is 0 Å². The minimum absolute atomic E-state index is 0.204. The lowest BCUT2D eigenvalue weighted by molar-refractivity contribution is 0.449. The van der Waals surface area contributed by atoms with Gasteiger partial charge in [0.1, 0.15) is 0 Å². The summed E-state index contributed by atoms with van der Waals surface area (Å²) in [6.07, 6.45) is 0.311. The van der Waals surface area contributed by atoms with Gasteiger partial charge < -0.3 is 0 Å². The normalized spacial score (nSPS) is 25.2. The number of aryl methyl sites for hydroxylation is 1. The number of nitrogens with one attached hydrogen (secondary N) is 2. The third-order valence-electron chi connectivity index (χ3n) is 2.69. The summed E-state index contributed by atoms with van der Waals surface area (Å²) in [4.78, 5) is 0. The second-order valence-corrected chi connectivity index (χ2v) is 4.75. The fourth-order valence-electron chi connectivity index (χ4n) is 1.81. The molecule has 1 aliphatic rings. The molecular formula is C12H18N2. The molecule has 1 atom stereocenters. The second-order valence-electron chi connectivity index (χ2n) is 4.75. The summed E-state index contributed by atoms with van der Waals surface area (Å²) in [6.45, 7) is 7.57. The molecule has 2 heteroatoms. The molecule has 1 fully saturated rings. The molecule has 1 unspecified atom stereocenters. The molecule has 1 aliphatic heterocycles. The average Bonchev–Trinajstić information content (AvgIpc) is 2.47. The van der Waals surface area contributed by atoms with Gasteiger partial charge in [0.25, 0.3) is 0 Å². The number of hydrogen-bond acceptors (Lipinski definition) is 2. The van der Waals surface area contributed by atoms with E-state index in [1.165, 1.54) is 11.1 Å². The van der Waals surface area contributed by atoms with Crippen molar-refractivity contribution in [3.8, 4) is 0 Å². The molecule has 0 aliphatic carbocycles. The maximum atomic E-state index is 3.55. The van der Waals surface area contributed by atoms with Crippen molar-refractivity contribution in [2.45, 2.75) is 32.5 Å². The highest BCUT2D eigenvalue weighted by Crippen LogP contribution is 2.20. The monoisotopic (exact) mass is 190 g/mol. The van der Waals surface area contributed by atoms with Gasteiger partial charge in [0, 0.05) is 12.1 Å². The summed E-state index contributed by atoms with van der Waals surface area (Å²) in [7, 11) is 0. The molecule has 1 saturated heterocycles. The van der Waals surface area contributed by atoms with Crippen LogP contribution in [0.1, 0.15) is 31.1 Å². The van der Waals surface area contributed by atoms with E-state index in [2.05, 4.69) is 55.7 Å². The molecule has 0 radical (unpaired) electrons. The van der Waals surface area contributed by atoms with Crippen LogP contribution in [0.2, 0.25) is 0 Å². The zero-order chi connectivity index (χ0) is 10.2. The zero-order valence-corrected chi connectivity index (χ0v) is 9.09. The van der Waals surface area contributed by atoms with E-state index in [9.17, 15) is 0 Å². The highest BCUT2D eigenvalue weighted by atomic mass is 15.2. The Bertz CT molecular complexity index is 314. The van der Waals surface area contributed by atoms with Crippen LogP contribution in [0.5, 0.6) is 0 Å². The van der Waals surface area contributed by atoms with Gasteiger partial charge in [-0.1, -0.05) is 29.8 Å². The van der Waals surface area contributed by atoms with E-state index in [1.54, 1.807) is 0 Å². The van der Waals surface area contributed by atoms with E-state index < -0.39 is 0 Å². The van der Waals surface area contributed by atoms with Crippen molar-refractivity contribution in [3.05, 3.63) is 35.4 Å². The first kappa shape index (κ1) is 9.69. The fraction of sp³-hybridized carbons (Fsp3) is 0.500. The molecule has 1 aromatic rings. The third-order valence-corrected chi connectivity index (χ3v) is 2.69. The summed E-state index contributed by atoms with van der Waals surface area (Å²) < 4.78 is 0. The third kappa shape index (κ3) is 1.97. The van der Waals surface area contributed by atoms with E-state index in [-0.39, 0.29) is 5.54 Å². The van der Waals surface area contributed by atoms with E-state index in [4.69, 9.17) is 0 Å². The average molecular weight is 190 g/mol. The van der Waals surface area contributed by atoms with Gasteiger partial charge in [-0.25, -0.2) is 0 Å². The molecule has 1 aromatic carbocycles. The van der Waals surface area contributed by atoms with E-state index in [1.807, 2.05) is 0 Å². The summed E-state index contributed by atoms with van der Waals surface area (Å²) in [5.74, 6) is 0. The molecule has 0 aromatic heterocycles. The molecule has 0 spiro atoms. The van der Waals surface area contributed by atoms with Crippen LogP contribution < -0.4 is 10.6 Å². The Morgan fingerprint density at radius 3 is 2.36 bits per heavy atom. The summed E-state index contributed by atoms with van der Waals surface area (Å²) in [6, 6.07) is 8.68. The first-order valence-corrected chi connectivity index (χ1v) is 5.14. The Morgan fingerprint density at radius 1 is 1.21 bits per heavy atom. The highest BCUT2D eigenvalue weighted by Gasteiger charge is 2.29. The van der Waals surface area contributed by atoms with Crippen molar-refractivity contribution in [1.29, 1.82) is 0 Å². The first-order valence-electron chi connectivity index (χ1n) is 5.14. The topological polar surface area (TPSA) is 24.1 Å². The molecule has 0 bridgehead atoms. The summed E-state index contributed by atoms with van der Waals surface area (Å²) in [5.41, 5.74) is 2.84. The van der Waals surface area contributed by atoms with Crippen LogP contribution in [0.3, 0.4) is 0 Å². The van der Waals surface area contributed by atoms with Gasteiger partial charge in [-0.15, -0.1) is 0 Å². The maximum Gasteiger partial charge on any atom is 0.0840 e. The van der Waals surface area contributed by atoms with Crippen molar-refractivity contribution < 1.29 is 0 Å². The molecular weight excluding hydrogens is 172 g/mol. The lowest BCUT2D eigenvalue weighted by atomic mass is 10.1. The van der Waals surface area contributed by atoms with Crippen molar-refractivity contribution >= 4 is 0 Å². The molecule has 0 amide bonds. The minimum Gasteiger partial charge on any atom is -0.296 e. The van der Waals surface area contributed by atoms with Gasteiger partial charge in [-0.2, -0.15) is 0 Å². The maximum absolute atomic E-state index is 3.55. The van der Waals surface area contributed by atoms with Gasteiger partial charge in [0.15, 0.2) is 0 Å². The van der Waals surface area contributed by atoms with Crippen LogP contribution in [0.15, 0.2) is 24.3 Å². The predicted molar refractivity (Wildman–Crippen MR) is 59.1 cm³/mol. The van der Waals surface area contributed by atoms with Crippen molar-refractivity contribution in [2.75, 3.05) is 6.54 Å². The Hall–Kier alpha value is -0.860. The standard InChI is InChI=1S/C12H18N2/c1-9-4-6-10(7-5-9)11-13-8-12(2,3)14-11/h4-7,11,13-14H,8H2,1-3H3. The quantitative estimate of drug-likeness (QED) is 0.707. The first-order chi connectivity index (χ1) is 6.57. The molecule has 1 heterocycles. The van der Waals surface area contributed by atoms with Crippen molar-refractivity contribution in [1.82, 2.24) is 10.6 Å². The van der Waals surface area contributed by atoms with Crippen molar-refractivity contribution in [2.24, 2.45) is 0 Å². The predicted octanol–water partition coefficient (Wildman–Crippen LogP) is 1.97. The molecule has 76 valence electrons. The van der Waals surface area contributed by atoms with Crippen LogP contribution in [-0.2, 0) is 0 Å². The highest BCUT2D eigenvalue weighted by molar-refractivity contribution is 5.25. The van der Waals surface area contributed by atoms with Gasteiger partial charge in [-0.3, -0.25) is 10.6 Å². The SMILES string of the molecule is Cc1ccc(C2NCC(C)(C)N2)cc1. The Balaban J connectivity index is 2.14. The number of benzene rings is 1. The van der Waals surface area contributed by atoms with E-state index in [0.717, 1.165) is 6.54 Å². The number of rotatable bonds is 1. The Labute approximate surface area is 85.7 Å². The second kappa shape index (κ2) is 3.37. The Morgan fingerprint density at radius 2 is 1.86 bits per heavy atom. The minimum atomic E-state index is 0.204. The van der Waals surface area contributed by atoms with E-state index in [0.29, 0.717) is 6.17 Å². The molecule has 2 rings (SSSR count). The van der Waals surface area contributed by atoms with Crippen LogP contribution in [-0.4, -0.2) is 12.1 Å². The van der Waals surface area contributed by atoms with Gasteiger partial charge in [0.2, 0.25) is 0 Å². The smallest absolute Gasteiger partial charge is 0.0840 e. The summed E-state index contributed by atoms with van der Waals surface area (Å²) in [5, 5.41) is 7.03. The fourth-order valence-corrected chi connectivity index (χ4v) is 1.81. The molecule has 2 N–H and O–H groups in total.